The molecule has 0 aliphatic carbocycles. The van der Waals surface area contributed by atoms with Gasteiger partial charge in [0, 0.05) is 32.2 Å². The molecule has 1 saturated heterocycles. The lowest BCUT2D eigenvalue weighted by molar-refractivity contribution is 0.0600. The number of methoxy groups -OCH3 is 1. The SMILES string of the molecule is COC(=O)c1cccc(CN2CCNC[C@H]2Cc2ccccc2)c1. The van der Waals surface area contributed by atoms with Gasteiger partial charge in [-0.25, -0.2) is 4.79 Å². The van der Waals surface area contributed by atoms with Gasteiger partial charge in [-0.3, -0.25) is 4.90 Å². The van der Waals surface area contributed by atoms with Crippen molar-refractivity contribution in [3.8, 4) is 0 Å². The molecule has 0 bridgehead atoms. The van der Waals surface area contributed by atoms with Gasteiger partial charge in [0.15, 0.2) is 0 Å². The van der Waals surface area contributed by atoms with Crippen molar-refractivity contribution in [3.63, 3.8) is 0 Å². The highest BCUT2D eigenvalue weighted by Crippen LogP contribution is 2.16. The van der Waals surface area contributed by atoms with E-state index in [4.69, 9.17) is 4.74 Å². The molecule has 0 amide bonds. The lowest BCUT2D eigenvalue weighted by Gasteiger charge is -2.36. The molecule has 4 nitrogen and oxygen atoms in total. The molecule has 0 radical (unpaired) electrons. The number of hydrogen-bond donors (Lipinski definition) is 1. The van der Waals surface area contributed by atoms with E-state index in [2.05, 4.69) is 46.6 Å². The third-order valence-electron chi connectivity index (χ3n) is 4.52. The molecule has 1 fully saturated rings. The zero-order chi connectivity index (χ0) is 16.8. The molecule has 1 N–H and O–H groups in total. The van der Waals surface area contributed by atoms with Gasteiger partial charge >= 0.3 is 5.97 Å². The minimum absolute atomic E-state index is 0.280. The number of ether oxygens (including phenoxy) is 1. The van der Waals surface area contributed by atoms with E-state index in [9.17, 15) is 4.79 Å². The first kappa shape index (κ1) is 16.7. The second kappa shape index (κ2) is 8.08. The third kappa shape index (κ3) is 4.22. The number of carbonyl (C=O) groups excluding carboxylic acids is 1. The lowest BCUT2D eigenvalue weighted by atomic mass is 10.0. The van der Waals surface area contributed by atoms with Crippen LogP contribution in [-0.4, -0.2) is 43.7 Å². The Bertz CT molecular complexity index is 672. The fourth-order valence-electron chi connectivity index (χ4n) is 3.25. The van der Waals surface area contributed by atoms with Crippen LogP contribution in [0.4, 0.5) is 0 Å². The Morgan fingerprint density at radius 2 is 1.96 bits per heavy atom. The first-order valence-electron chi connectivity index (χ1n) is 8.42. The number of carbonyl (C=O) groups is 1. The molecule has 126 valence electrons. The Hall–Kier alpha value is -2.17. The van der Waals surface area contributed by atoms with Gasteiger partial charge in [0.2, 0.25) is 0 Å². The van der Waals surface area contributed by atoms with Gasteiger partial charge in [0.25, 0.3) is 0 Å². The van der Waals surface area contributed by atoms with Crippen molar-refractivity contribution in [1.82, 2.24) is 10.2 Å². The standard InChI is InChI=1S/C20H24N2O2/c1-24-20(23)18-9-5-8-17(12-18)15-22-11-10-21-14-19(22)13-16-6-3-2-4-7-16/h2-9,12,19,21H,10-11,13-15H2,1H3/t19-/m1/s1. The number of nitrogens with zero attached hydrogens (tertiary/aromatic N) is 1. The van der Waals surface area contributed by atoms with E-state index in [-0.39, 0.29) is 5.97 Å². The number of rotatable bonds is 5. The smallest absolute Gasteiger partial charge is 0.337 e. The summed E-state index contributed by atoms with van der Waals surface area (Å²) in [7, 11) is 1.42. The molecule has 3 rings (SSSR count). The van der Waals surface area contributed by atoms with Crippen LogP contribution in [0.15, 0.2) is 54.6 Å². The summed E-state index contributed by atoms with van der Waals surface area (Å²) in [6, 6.07) is 18.8. The lowest BCUT2D eigenvalue weighted by Crippen LogP contribution is -2.51. The van der Waals surface area contributed by atoms with E-state index in [1.807, 2.05) is 12.1 Å². The van der Waals surface area contributed by atoms with Crippen LogP contribution in [0, 0.1) is 0 Å². The zero-order valence-corrected chi connectivity index (χ0v) is 14.1. The first-order valence-corrected chi connectivity index (χ1v) is 8.42. The first-order chi connectivity index (χ1) is 11.8. The Kier molecular flexibility index (Phi) is 5.62. The van der Waals surface area contributed by atoms with Crippen molar-refractivity contribution in [2.75, 3.05) is 26.7 Å². The highest BCUT2D eigenvalue weighted by Gasteiger charge is 2.22. The summed E-state index contributed by atoms with van der Waals surface area (Å²) in [5, 5.41) is 3.49. The fourth-order valence-corrected chi connectivity index (χ4v) is 3.25. The quantitative estimate of drug-likeness (QED) is 0.858. The van der Waals surface area contributed by atoms with Gasteiger partial charge in [-0.2, -0.15) is 0 Å². The molecular formula is C20H24N2O2. The van der Waals surface area contributed by atoms with Crippen molar-refractivity contribution in [1.29, 1.82) is 0 Å². The average molecular weight is 324 g/mol. The minimum atomic E-state index is -0.280. The predicted molar refractivity (Wildman–Crippen MR) is 95.0 cm³/mol. The molecule has 0 spiro atoms. The molecule has 0 unspecified atom stereocenters. The summed E-state index contributed by atoms with van der Waals surface area (Å²) in [6.07, 6.45) is 1.03. The van der Waals surface area contributed by atoms with Gasteiger partial charge in [0.1, 0.15) is 0 Å². The fraction of sp³-hybridized carbons (Fsp3) is 0.350. The maximum atomic E-state index is 11.7. The Morgan fingerprint density at radius 3 is 2.75 bits per heavy atom. The second-order valence-electron chi connectivity index (χ2n) is 6.21. The maximum absolute atomic E-state index is 11.7. The minimum Gasteiger partial charge on any atom is -0.465 e. The van der Waals surface area contributed by atoms with Crippen LogP contribution in [0.25, 0.3) is 0 Å². The van der Waals surface area contributed by atoms with Gasteiger partial charge in [-0.15, -0.1) is 0 Å². The number of nitrogens with one attached hydrogen (secondary N) is 1. The van der Waals surface area contributed by atoms with Crippen LogP contribution in [0.2, 0.25) is 0 Å². The van der Waals surface area contributed by atoms with Crippen LogP contribution in [-0.2, 0) is 17.7 Å². The molecule has 4 heteroatoms. The molecule has 1 aliphatic heterocycles. The monoisotopic (exact) mass is 324 g/mol. The summed E-state index contributed by atoms with van der Waals surface area (Å²) in [5.41, 5.74) is 3.13. The van der Waals surface area contributed by atoms with Crippen LogP contribution in [0.3, 0.4) is 0 Å². The van der Waals surface area contributed by atoms with E-state index >= 15 is 0 Å². The van der Waals surface area contributed by atoms with Crippen LogP contribution in [0.5, 0.6) is 0 Å². The van der Waals surface area contributed by atoms with E-state index in [1.54, 1.807) is 6.07 Å². The summed E-state index contributed by atoms with van der Waals surface area (Å²) >= 11 is 0. The second-order valence-corrected chi connectivity index (χ2v) is 6.21. The Morgan fingerprint density at radius 1 is 1.17 bits per heavy atom. The largest absolute Gasteiger partial charge is 0.465 e. The molecule has 24 heavy (non-hydrogen) atoms. The van der Waals surface area contributed by atoms with Gasteiger partial charge in [0.05, 0.1) is 12.7 Å². The van der Waals surface area contributed by atoms with Crippen molar-refractivity contribution >= 4 is 5.97 Å². The highest BCUT2D eigenvalue weighted by atomic mass is 16.5. The molecule has 2 aromatic carbocycles. The predicted octanol–water partition coefficient (Wildman–Crippen LogP) is 2.49. The van der Waals surface area contributed by atoms with E-state index < -0.39 is 0 Å². The molecule has 1 aliphatic rings. The van der Waals surface area contributed by atoms with E-state index in [0.29, 0.717) is 11.6 Å². The van der Waals surface area contributed by atoms with Crippen LogP contribution >= 0.6 is 0 Å². The van der Waals surface area contributed by atoms with Gasteiger partial charge in [-0.05, 0) is 29.7 Å². The number of esters is 1. The molecule has 2 aromatic rings. The summed E-state index contributed by atoms with van der Waals surface area (Å²) < 4.78 is 4.82. The van der Waals surface area contributed by atoms with E-state index in [1.165, 1.54) is 12.7 Å². The van der Waals surface area contributed by atoms with Crippen LogP contribution < -0.4 is 5.32 Å². The summed E-state index contributed by atoms with van der Waals surface area (Å²) in [5.74, 6) is -0.280. The normalized spacial score (nSPS) is 18.3. The summed E-state index contributed by atoms with van der Waals surface area (Å²) in [6.45, 7) is 3.86. The maximum Gasteiger partial charge on any atom is 0.337 e. The van der Waals surface area contributed by atoms with Crippen molar-refractivity contribution in [2.45, 2.75) is 19.0 Å². The third-order valence-corrected chi connectivity index (χ3v) is 4.52. The van der Waals surface area contributed by atoms with Gasteiger partial charge < -0.3 is 10.1 Å². The molecule has 1 atom stereocenters. The number of piperazine rings is 1. The number of hydrogen-bond acceptors (Lipinski definition) is 4. The van der Waals surface area contributed by atoms with E-state index in [0.717, 1.165) is 38.2 Å². The van der Waals surface area contributed by atoms with Crippen LogP contribution in [0.1, 0.15) is 21.5 Å². The Labute approximate surface area is 143 Å². The molecular weight excluding hydrogens is 300 g/mol. The molecule has 0 aromatic heterocycles. The van der Waals surface area contributed by atoms with Crippen molar-refractivity contribution in [3.05, 3.63) is 71.3 Å². The van der Waals surface area contributed by atoms with Crippen molar-refractivity contribution < 1.29 is 9.53 Å². The number of benzene rings is 2. The zero-order valence-electron chi connectivity index (χ0n) is 14.1. The highest BCUT2D eigenvalue weighted by molar-refractivity contribution is 5.89. The average Bonchev–Trinajstić information content (AvgIpc) is 2.64. The summed E-state index contributed by atoms with van der Waals surface area (Å²) in [4.78, 5) is 14.2. The molecule has 1 heterocycles. The van der Waals surface area contributed by atoms with Gasteiger partial charge in [-0.1, -0.05) is 42.5 Å². The topological polar surface area (TPSA) is 41.6 Å². The Balaban J connectivity index is 1.71. The molecule has 0 saturated carbocycles. The van der Waals surface area contributed by atoms with Crippen molar-refractivity contribution in [2.24, 2.45) is 0 Å².